The summed E-state index contributed by atoms with van der Waals surface area (Å²) < 4.78 is 0. The zero-order chi connectivity index (χ0) is 15.1. The lowest BCUT2D eigenvalue weighted by Crippen LogP contribution is -2.17. The van der Waals surface area contributed by atoms with Gasteiger partial charge in [-0.15, -0.1) is 0 Å². The molecule has 4 nitrogen and oxygen atoms in total. The Bertz CT molecular complexity index is 606. The van der Waals surface area contributed by atoms with E-state index in [1.807, 2.05) is 30.4 Å². The first-order chi connectivity index (χ1) is 10.1. The van der Waals surface area contributed by atoms with Gasteiger partial charge in [-0.05, 0) is 36.1 Å². The van der Waals surface area contributed by atoms with Crippen molar-refractivity contribution in [1.82, 2.24) is 0 Å². The van der Waals surface area contributed by atoms with Crippen LogP contribution in [-0.2, 0) is 6.42 Å². The summed E-state index contributed by atoms with van der Waals surface area (Å²) in [6.07, 6.45) is 5.64. The maximum atomic E-state index is 10.6. The van der Waals surface area contributed by atoms with Gasteiger partial charge >= 0.3 is 0 Å². The molecule has 2 aromatic rings. The summed E-state index contributed by atoms with van der Waals surface area (Å²) >= 11 is 0. The van der Waals surface area contributed by atoms with Gasteiger partial charge in [0.1, 0.15) is 0 Å². The molecule has 0 spiro atoms. The summed E-state index contributed by atoms with van der Waals surface area (Å²) in [6.45, 7) is 0. The van der Waals surface area contributed by atoms with Gasteiger partial charge in [0.2, 0.25) is 0 Å². The first-order valence-corrected chi connectivity index (χ1v) is 6.87. The highest BCUT2D eigenvalue weighted by Crippen LogP contribution is 2.13. The number of non-ortho nitro benzene ring substituents is 1. The molecule has 0 aromatic heterocycles. The van der Waals surface area contributed by atoms with Gasteiger partial charge in [0.05, 0.1) is 4.92 Å². The monoisotopic (exact) mass is 282 g/mol. The Kier molecular flexibility index (Phi) is 5.23. The molecule has 0 aliphatic rings. The zero-order valence-electron chi connectivity index (χ0n) is 11.7. The number of nitro groups is 1. The second-order valence-corrected chi connectivity index (χ2v) is 4.90. The molecule has 108 valence electrons. The molecule has 0 bridgehead atoms. The van der Waals surface area contributed by atoms with Crippen LogP contribution in [-0.4, -0.2) is 11.0 Å². The van der Waals surface area contributed by atoms with Gasteiger partial charge in [0, 0.05) is 18.2 Å². The maximum Gasteiger partial charge on any atom is 0.269 e. The number of nitro benzene ring substituents is 1. The molecule has 0 radical (unpaired) electrons. The van der Waals surface area contributed by atoms with Crippen LogP contribution in [0.2, 0.25) is 0 Å². The number of aryl methyl sites for hydroxylation is 1. The van der Waals surface area contributed by atoms with Gasteiger partial charge in [-0.2, -0.15) is 0 Å². The number of nitrogens with two attached hydrogens (primary N) is 1. The van der Waals surface area contributed by atoms with E-state index in [1.165, 1.54) is 17.7 Å². The molecular formula is C17H18N2O2. The fourth-order valence-electron chi connectivity index (χ4n) is 2.02. The van der Waals surface area contributed by atoms with E-state index < -0.39 is 4.92 Å². The summed E-state index contributed by atoms with van der Waals surface area (Å²) in [5, 5.41) is 10.6. The van der Waals surface area contributed by atoms with Crippen LogP contribution in [0.25, 0.3) is 6.08 Å². The van der Waals surface area contributed by atoms with Crippen molar-refractivity contribution in [2.45, 2.75) is 18.9 Å². The van der Waals surface area contributed by atoms with Crippen LogP contribution in [0.4, 0.5) is 5.69 Å². The average Bonchev–Trinajstić information content (AvgIpc) is 2.52. The molecule has 2 N–H and O–H groups in total. The topological polar surface area (TPSA) is 69.2 Å². The normalized spacial score (nSPS) is 12.4. The summed E-state index contributed by atoms with van der Waals surface area (Å²) in [7, 11) is 0. The third-order valence-corrected chi connectivity index (χ3v) is 3.25. The molecule has 0 amide bonds. The van der Waals surface area contributed by atoms with Crippen LogP contribution in [0.3, 0.4) is 0 Å². The van der Waals surface area contributed by atoms with Gasteiger partial charge in [-0.1, -0.05) is 42.5 Å². The predicted molar refractivity (Wildman–Crippen MR) is 84.9 cm³/mol. The Hall–Kier alpha value is -2.46. The Labute approximate surface area is 124 Å². The molecular weight excluding hydrogens is 264 g/mol. The minimum atomic E-state index is -0.404. The van der Waals surface area contributed by atoms with Crippen molar-refractivity contribution >= 4 is 11.8 Å². The van der Waals surface area contributed by atoms with E-state index in [2.05, 4.69) is 12.1 Å². The molecule has 0 saturated heterocycles. The molecule has 0 aliphatic carbocycles. The maximum absolute atomic E-state index is 10.6. The Morgan fingerprint density at radius 1 is 1.10 bits per heavy atom. The summed E-state index contributed by atoms with van der Waals surface area (Å²) in [5.74, 6) is 0. The van der Waals surface area contributed by atoms with E-state index in [9.17, 15) is 10.1 Å². The van der Waals surface area contributed by atoms with Crippen LogP contribution in [0.15, 0.2) is 60.7 Å². The van der Waals surface area contributed by atoms with Crippen molar-refractivity contribution in [3.63, 3.8) is 0 Å². The van der Waals surface area contributed by atoms with E-state index in [0.29, 0.717) is 0 Å². The summed E-state index contributed by atoms with van der Waals surface area (Å²) in [5.41, 5.74) is 8.34. The second-order valence-electron chi connectivity index (χ2n) is 4.90. The lowest BCUT2D eigenvalue weighted by molar-refractivity contribution is -0.384. The third kappa shape index (κ3) is 4.85. The van der Waals surface area contributed by atoms with E-state index in [4.69, 9.17) is 5.73 Å². The van der Waals surface area contributed by atoms with Gasteiger partial charge in [0.15, 0.2) is 0 Å². The molecule has 0 saturated carbocycles. The first kappa shape index (κ1) is 14.9. The van der Waals surface area contributed by atoms with Gasteiger partial charge in [0.25, 0.3) is 5.69 Å². The Balaban J connectivity index is 1.86. The standard InChI is InChI=1S/C17H18N2O2/c18-16(10-6-14-4-2-1-3-5-14)11-7-15-8-12-17(13-9-15)19(20)21/h1-5,7-9,11-13,16H,6,10,18H2/b11-7+/t16-/m0/s1. The number of hydrogen-bond donors (Lipinski definition) is 1. The number of rotatable bonds is 6. The van der Waals surface area contributed by atoms with Crippen LogP contribution >= 0.6 is 0 Å². The van der Waals surface area contributed by atoms with Crippen LogP contribution < -0.4 is 5.73 Å². The fraction of sp³-hybridized carbons (Fsp3) is 0.176. The molecule has 0 fully saturated rings. The highest BCUT2D eigenvalue weighted by molar-refractivity contribution is 5.52. The van der Waals surface area contributed by atoms with Crippen molar-refractivity contribution < 1.29 is 4.92 Å². The molecule has 21 heavy (non-hydrogen) atoms. The minimum Gasteiger partial charge on any atom is -0.324 e. The van der Waals surface area contributed by atoms with Crippen molar-refractivity contribution in [1.29, 1.82) is 0 Å². The van der Waals surface area contributed by atoms with Crippen molar-refractivity contribution in [2.24, 2.45) is 5.73 Å². The summed E-state index contributed by atoms with van der Waals surface area (Å²) in [6, 6.07) is 16.6. The molecule has 2 rings (SSSR count). The van der Waals surface area contributed by atoms with Crippen molar-refractivity contribution in [3.8, 4) is 0 Å². The van der Waals surface area contributed by atoms with Gasteiger partial charge in [-0.25, -0.2) is 0 Å². The highest BCUT2D eigenvalue weighted by Gasteiger charge is 2.03. The highest BCUT2D eigenvalue weighted by atomic mass is 16.6. The second kappa shape index (κ2) is 7.36. The van der Waals surface area contributed by atoms with Crippen molar-refractivity contribution in [2.75, 3.05) is 0 Å². The van der Waals surface area contributed by atoms with Crippen LogP contribution in [0.5, 0.6) is 0 Å². The molecule has 1 atom stereocenters. The quantitative estimate of drug-likeness (QED) is 0.650. The van der Waals surface area contributed by atoms with Crippen LogP contribution in [0.1, 0.15) is 17.5 Å². The lowest BCUT2D eigenvalue weighted by Gasteiger charge is -2.06. The smallest absolute Gasteiger partial charge is 0.269 e. The van der Waals surface area contributed by atoms with Crippen molar-refractivity contribution in [3.05, 3.63) is 81.9 Å². The fourth-order valence-corrected chi connectivity index (χ4v) is 2.02. The van der Waals surface area contributed by atoms with Gasteiger partial charge in [-0.3, -0.25) is 10.1 Å². The summed E-state index contributed by atoms with van der Waals surface area (Å²) in [4.78, 5) is 10.2. The molecule has 0 unspecified atom stereocenters. The van der Waals surface area contributed by atoms with Gasteiger partial charge < -0.3 is 5.73 Å². The lowest BCUT2D eigenvalue weighted by atomic mass is 10.0. The Morgan fingerprint density at radius 2 is 1.76 bits per heavy atom. The van der Waals surface area contributed by atoms with E-state index >= 15 is 0 Å². The first-order valence-electron chi connectivity index (χ1n) is 6.87. The molecule has 4 heteroatoms. The van der Waals surface area contributed by atoms with Crippen LogP contribution in [0, 0.1) is 10.1 Å². The number of hydrogen-bond acceptors (Lipinski definition) is 3. The average molecular weight is 282 g/mol. The van der Waals surface area contributed by atoms with E-state index in [-0.39, 0.29) is 11.7 Å². The molecule has 0 aliphatic heterocycles. The van der Waals surface area contributed by atoms with E-state index in [1.54, 1.807) is 12.1 Å². The molecule has 0 heterocycles. The number of nitrogens with zero attached hydrogens (tertiary/aromatic N) is 1. The zero-order valence-corrected chi connectivity index (χ0v) is 11.7. The number of benzene rings is 2. The minimum absolute atomic E-state index is 0.0274. The Morgan fingerprint density at radius 3 is 2.38 bits per heavy atom. The predicted octanol–water partition coefficient (Wildman–Crippen LogP) is 3.57. The largest absolute Gasteiger partial charge is 0.324 e. The molecule has 2 aromatic carbocycles. The SMILES string of the molecule is N[C@H](/C=C/c1ccc([N+](=O)[O-])cc1)CCc1ccccc1. The van der Waals surface area contributed by atoms with E-state index in [0.717, 1.165) is 18.4 Å². The third-order valence-electron chi connectivity index (χ3n) is 3.25.